The number of benzene rings is 2. The Hall–Kier alpha value is -3.45. The van der Waals surface area contributed by atoms with Crippen LogP contribution in [0.2, 0.25) is 0 Å². The van der Waals surface area contributed by atoms with Crippen LogP contribution in [-0.4, -0.2) is 61.6 Å². The van der Waals surface area contributed by atoms with Gasteiger partial charge in [0.15, 0.2) is 0 Å². The molecular weight excluding hydrogens is 414 g/mol. The molecule has 1 atom stereocenters. The predicted octanol–water partition coefficient (Wildman–Crippen LogP) is 4.04. The Morgan fingerprint density at radius 1 is 1.15 bits per heavy atom. The van der Waals surface area contributed by atoms with E-state index in [0.717, 1.165) is 54.2 Å². The van der Waals surface area contributed by atoms with E-state index >= 15 is 0 Å². The van der Waals surface area contributed by atoms with E-state index in [1.54, 1.807) is 7.11 Å². The van der Waals surface area contributed by atoms with Crippen LogP contribution < -0.4 is 15.0 Å². The van der Waals surface area contributed by atoms with Gasteiger partial charge in [-0.05, 0) is 49.2 Å². The number of nitrogens with one attached hydrogen (secondary N) is 1. The van der Waals surface area contributed by atoms with E-state index in [9.17, 15) is 4.79 Å². The van der Waals surface area contributed by atoms with Crippen molar-refractivity contribution < 1.29 is 9.53 Å². The average Bonchev–Trinajstić information content (AvgIpc) is 2.84. The molecule has 33 heavy (non-hydrogen) atoms. The van der Waals surface area contributed by atoms with Gasteiger partial charge in [0.25, 0.3) is 0 Å². The molecule has 1 aliphatic rings. The monoisotopic (exact) mass is 445 g/mol. The van der Waals surface area contributed by atoms with Crippen LogP contribution in [0.15, 0.2) is 60.8 Å². The molecule has 0 bridgehead atoms. The lowest BCUT2D eigenvalue weighted by molar-refractivity contribution is -0.117. The number of carbonyl (C=O) groups is 1. The number of likely N-dealkylation sites (tertiary alicyclic amines) is 1. The molecule has 2 heterocycles. The summed E-state index contributed by atoms with van der Waals surface area (Å²) in [6.07, 6.45) is 4.00. The first-order valence-corrected chi connectivity index (χ1v) is 11.3. The highest BCUT2D eigenvalue weighted by Gasteiger charge is 2.27. The Labute approximate surface area is 195 Å². The molecule has 0 radical (unpaired) electrons. The first-order valence-electron chi connectivity index (χ1n) is 11.3. The number of aromatic nitrogens is 2. The normalized spacial score (nSPS) is 16.3. The van der Waals surface area contributed by atoms with Crippen LogP contribution in [0.4, 0.5) is 11.6 Å². The molecule has 172 valence electrons. The predicted molar refractivity (Wildman–Crippen MR) is 132 cm³/mol. The smallest absolute Gasteiger partial charge is 0.238 e. The number of rotatable bonds is 7. The van der Waals surface area contributed by atoms with Gasteiger partial charge in [0.2, 0.25) is 11.9 Å². The summed E-state index contributed by atoms with van der Waals surface area (Å²) in [7, 11) is 5.54. The quantitative estimate of drug-likeness (QED) is 0.592. The van der Waals surface area contributed by atoms with Gasteiger partial charge in [-0.15, -0.1) is 0 Å². The summed E-state index contributed by atoms with van der Waals surface area (Å²) in [5.74, 6) is 1.70. The second-order valence-electron chi connectivity index (χ2n) is 8.58. The van der Waals surface area contributed by atoms with Crippen LogP contribution in [-0.2, 0) is 4.79 Å². The van der Waals surface area contributed by atoms with Crippen molar-refractivity contribution in [2.24, 2.45) is 0 Å². The van der Waals surface area contributed by atoms with Gasteiger partial charge in [-0.3, -0.25) is 9.69 Å². The molecule has 7 nitrogen and oxygen atoms in total. The highest BCUT2D eigenvalue weighted by Crippen LogP contribution is 2.33. The minimum Gasteiger partial charge on any atom is -0.497 e. The highest BCUT2D eigenvalue weighted by atomic mass is 16.5. The molecule has 1 saturated heterocycles. The van der Waals surface area contributed by atoms with E-state index in [0.29, 0.717) is 12.5 Å². The van der Waals surface area contributed by atoms with Gasteiger partial charge >= 0.3 is 0 Å². The first kappa shape index (κ1) is 22.7. The summed E-state index contributed by atoms with van der Waals surface area (Å²) >= 11 is 0. The van der Waals surface area contributed by atoms with Gasteiger partial charge in [-0.2, -0.15) is 0 Å². The number of anilines is 2. The Bertz CT molecular complexity index is 1070. The zero-order valence-electron chi connectivity index (χ0n) is 19.5. The van der Waals surface area contributed by atoms with Gasteiger partial charge in [0.05, 0.1) is 19.3 Å². The molecule has 0 aliphatic carbocycles. The fraction of sp³-hybridized carbons (Fsp3) is 0.346. The number of nitrogens with zero attached hydrogens (tertiary/aromatic N) is 4. The second-order valence-corrected chi connectivity index (χ2v) is 8.58. The first-order chi connectivity index (χ1) is 16.0. The lowest BCUT2D eigenvalue weighted by atomic mass is 9.90. The maximum Gasteiger partial charge on any atom is 0.238 e. The summed E-state index contributed by atoms with van der Waals surface area (Å²) < 4.78 is 5.18. The number of amides is 1. The van der Waals surface area contributed by atoms with Gasteiger partial charge in [-0.1, -0.05) is 30.3 Å². The SMILES string of the molecule is COc1ccc(NC(=O)CN2CCCC(c3nc(N(C)C)ncc3-c3ccccc3)C2)cc1. The number of methoxy groups -OCH3 is 1. The second kappa shape index (κ2) is 10.4. The fourth-order valence-corrected chi connectivity index (χ4v) is 4.25. The van der Waals surface area contributed by atoms with Crippen molar-refractivity contribution in [1.29, 1.82) is 0 Å². The van der Waals surface area contributed by atoms with Crippen molar-refractivity contribution in [1.82, 2.24) is 14.9 Å². The third kappa shape index (κ3) is 5.68. The Balaban J connectivity index is 1.49. The molecule has 2 aromatic carbocycles. The van der Waals surface area contributed by atoms with Crippen LogP contribution in [0.25, 0.3) is 11.1 Å². The fourth-order valence-electron chi connectivity index (χ4n) is 4.25. The highest BCUT2D eigenvalue weighted by molar-refractivity contribution is 5.92. The van der Waals surface area contributed by atoms with Crippen LogP contribution in [0.5, 0.6) is 5.75 Å². The van der Waals surface area contributed by atoms with Gasteiger partial charge in [-0.25, -0.2) is 9.97 Å². The molecule has 1 unspecified atom stereocenters. The van der Waals surface area contributed by atoms with Crippen molar-refractivity contribution in [2.75, 3.05) is 51.1 Å². The molecule has 1 aliphatic heterocycles. The minimum absolute atomic E-state index is 0.0132. The van der Waals surface area contributed by atoms with E-state index in [-0.39, 0.29) is 11.8 Å². The number of hydrogen-bond donors (Lipinski definition) is 1. The minimum atomic E-state index is -0.0132. The zero-order chi connectivity index (χ0) is 23.2. The van der Waals surface area contributed by atoms with Crippen LogP contribution in [0.3, 0.4) is 0 Å². The topological polar surface area (TPSA) is 70.6 Å². The molecule has 3 aromatic rings. The molecule has 1 N–H and O–H groups in total. The van der Waals surface area contributed by atoms with Crippen LogP contribution >= 0.6 is 0 Å². The Morgan fingerprint density at radius 2 is 1.91 bits per heavy atom. The zero-order valence-corrected chi connectivity index (χ0v) is 19.5. The lowest BCUT2D eigenvalue weighted by Gasteiger charge is -2.33. The van der Waals surface area contributed by atoms with E-state index in [1.807, 2.05) is 67.7 Å². The van der Waals surface area contributed by atoms with Crippen molar-refractivity contribution >= 4 is 17.5 Å². The standard InChI is InChI=1S/C26H31N5O2/c1-30(2)26-27-16-23(19-8-5-4-6-9-19)25(29-26)20-10-7-15-31(17-20)18-24(32)28-21-11-13-22(33-3)14-12-21/h4-6,8-9,11-14,16,20H,7,10,15,17-18H2,1-3H3,(H,28,32). The van der Waals surface area contributed by atoms with E-state index in [1.165, 1.54) is 0 Å². The Morgan fingerprint density at radius 3 is 2.61 bits per heavy atom. The van der Waals surface area contributed by atoms with E-state index in [4.69, 9.17) is 9.72 Å². The van der Waals surface area contributed by atoms with Crippen molar-refractivity contribution in [2.45, 2.75) is 18.8 Å². The number of carbonyl (C=O) groups excluding carboxylic acids is 1. The molecular formula is C26H31N5O2. The molecule has 1 aromatic heterocycles. The average molecular weight is 446 g/mol. The van der Waals surface area contributed by atoms with Gasteiger partial charge in [0.1, 0.15) is 5.75 Å². The summed E-state index contributed by atoms with van der Waals surface area (Å²) in [6.45, 7) is 2.05. The maximum absolute atomic E-state index is 12.7. The number of ether oxygens (including phenoxy) is 1. The summed E-state index contributed by atoms with van der Waals surface area (Å²) in [5.41, 5.74) is 4.01. The molecule has 4 rings (SSSR count). The summed E-state index contributed by atoms with van der Waals surface area (Å²) in [5, 5.41) is 2.99. The summed E-state index contributed by atoms with van der Waals surface area (Å²) in [6, 6.07) is 17.7. The van der Waals surface area contributed by atoms with Gasteiger partial charge < -0.3 is 15.0 Å². The van der Waals surface area contributed by atoms with Gasteiger partial charge in [0, 0.05) is 44.0 Å². The largest absolute Gasteiger partial charge is 0.497 e. The lowest BCUT2D eigenvalue weighted by Crippen LogP contribution is -2.40. The summed E-state index contributed by atoms with van der Waals surface area (Å²) in [4.78, 5) is 26.4. The van der Waals surface area contributed by atoms with Crippen LogP contribution in [0.1, 0.15) is 24.5 Å². The molecule has 7 heteroatoms. The van der Waals surface area contributed by atoms with Crippen molar-refractivity contribution in [3.63, 3.8) is 0 Å². The molecule has 1 amide bonds. The van der Waals surface area contributed by atoms with Crippen molar-refractivity contribution in [3.05, 3.63) is 66.5 Å². The van der Waals surface area contributed by atoms with Crippen molar-refractivity contribution in [3.8, 4) is 16.9 Å². The maximum atomic E-state index is 12.7. The third-order valence-electron chi connectivity index (χ3n) is 5.92. The van der Waals surface area contributed by atoms with Crippen LogP contribution in [0, 0.1) is 0 Å². The third-order valence-corrected chi connectivity index (χ3v) is 5.92. The number of hydrogen-bond acceptors (Lipinski definition) is 6. The van der Waals surface area contributed by atoms with E-state index < -0.39 is 0 Å². The Kier molecular flexibility index (Phi) is 7.19. The molecule has 1 fully saturated rings. The number of piperidine rings is 1. The van der Waals surface area contributed by atoms with E-state index in [2.05, 4.69) is 27.3 Å². The molecule has 0 saturated carbocycles. The molecule has 0 spiro atoms.